The highest BCUT2D eigenvalue weighted by Crippen LogP contribution is 2.29. The number of nitrogens with zero attached hydrogens (tertiary/aromatic N) is 2. The number of hydrogen-bond acceptors (Lipinski definition) is 9. The number of amidine groups is 1. The van der Waals surface area contributed by atoms with Crippen LogP contribution in [-0.4, -0.2) is 39.6 Å². The molecular formula is C30H51N7O4S2. The zero-order chi connectivity index (χ0) is 32.1. The number of thiazole rings is 1. The zero-order valence-electron chi connectivity index (χ0n) is 26.1. The third-order valence-electron chi connectivity index (χ3n) is 5.08. The molecule has 0 spiro atoms. The van der Waals surface area contributed by atoms with Crippen molar-refractivity contribution in [3.63, 3.8) is 0 Å². The highest BCUT2D eigenvalue weighted by molar-refractivity contribution is 8.04. The molecule has 3 aliphatic rings. The number of urea groups is 1. The molecule has 11 nitrogen and oxygen atoms in total. The summed E-state index contributed by atoms with van der Waals surface area (Å²) in [5, 5.41) is 7.31. The van der Waals surface area contributed by atoms with Crippen molar-refractivity contribution in [3.8, 4) is 0 Å². The molecule has 1 aromatic rings. The molecule has 0 radical (unpaired) electrons. The van der Waals surface area contributed by atoms with Gasteiger partial charge in [-0.05, 0) is 30.8 Å². The maximum absolute atomic E-state index is 11.1. The van der Waals surface area contributed by atoms with Crippen LogP contribution in [0.25, 0.3) is 12.7 Å². The number of carbonyl (C=O) groups is 2. The first-order valence-corrected chi connectivity index (χ1v) is 15.5. The number of aromatic amines is 1. The van der Waals surface area contributed by atoms with E-state index in [4.69, 9.17) is 4.84 Å². The Labute approximate surface area is 264 Å². The summed E-state index contributed by atoms with van der Waals surface area (Å²) in [6.45, 7) is 31.5. The lowest BCUT2D eigenvalue weighted by molar-refractivity contribution is -0.119. The molecule has 4 rings (SSSR count). The van der Waals surface area contributed by atoms with Gasteiger partial charge in [0.15, 0.2) is 0 Å². The summed E-state index contributed by atoms with van der Waals surface area (Å²) in [7, 11) is 0. The van der Waals surface area contributed by atoms with Crippen LogP contribution in [0, 0.1) is 23.7 Å². The summed E-state index contributed by atoms with van der Waals surface area (Å²) in [5.41, 5.74) is 5.69. The van der Waals surface area contributed by atoms with E-state index in [0.717, 1.165) is 26.5 Å². The van der Waals surface area contributed by atoms with Gasteiger partial charge in [0.1, 0.15) is 11.7 Å². The van der Waals surface area contributed by atoms with Crippen molar-refractivity contribution >= 4 is 53.5 Å². The number of H-pyrrole nitrogens is 1. The van der Waals surface area contributed by atoms with Gasteiger partial charge >= 0.3 is 6.03 Å². The number of hydrazine groups is 1. The van der Waals surface area contributed by atoms with E-state index in [1.807, 2.05) is 33.8 Å². The van der Waals surface area contributed by atoms with Crippen LogP contribution in [-0.2, 0) is 9.63 Å². The van der Waals surface area contributed by atoms with Crippen LogP contribution in [0.1, 0.15) is 69.2 Å². The molecule has 0 aliphatic carbocycles. The van der Waals surface area contributed by atoms with Gasteiger partial charge in [0.2, 0.25) is 11.8 Å². The maximum Gasteiger partial charge on any atom is 0.357 e. The molecule has 0 saturated carbocycles. The van der Waals surface area contributed by atoms with Gasteiger partial charge < -0.3 is 15.1 Å². The summed E-state index contributed by atoms with van der Waals surface area (Å²) in [5.74, 6) is 3.89. The van der Waals surface area contributed by atoms with Gasteiger partial charge in [-0.2, -0.15) is 5.06 Å². The third kappa shape index (κ3) is 15.5. The van der Waals surface area contributed by atoms with Crippen molar-refractivity contribution < 1.29 is 14.4 Å². The number of aliphatic imine (C=N–C) groups is 1. The Morgan fingerprint density at radius 1 is 0.953 bits per heavy atom. The van der Waals surface area contributed by atoms with E-state index in [0.29, 0.717) is 41.9 Å². The number of hydrogen-bond donors (Lipinski definition) is 5. The van der Waals surface area contributed by atoms with Crippen molar-refractivity contribution in [1.29, 1.82) is 0 Å². The fraction of sp³-hybridized carbons (Fsp3) is 0.533. The Hall–Kier alpha value is -3.45. The van der Waals surface area contributed by atoms with Crippen LogP contribution in [0.2, 0.25) is 0 Å². The topological polar surface area (TPSA) is 140 Å². The second-order valence-electron chi connectivity index (χ2n) is 11.2. The number of hydroxylamine groups is 2. The Kier molecular flexibility index (Phi) is 17.4. The summed E-state index contributed by atoms with van der Waals surface area (Å²) in [6.07, 6.45) is 2.88. The van der Waals surface area contributed by atoms with E-state index < -0.39 is 0 Å². The molecule has 2 saturated heterocycles. The molecule has 5 N–H and O–H groups in total. The monoisotopic (exact) mass is 637 g/mol. The normalized spacial score (nSPS) is 17.5. The fourth-order valence-corrected chi connectivity index (χ4v) is 5.35. The smallest absolute Gasteiger partial charge is 0.357 e. The average molecular weight is 638 g/mol. The summed E-state index contributed by atoms with van der Waals surface area (Å²) in [4.78, 5) is 44.8. The Bertz CT molecular complexity index is 1270. The van der Waals surface area contributed by atoms with Gasteiger partial charge in [-0.15, -0.1) is 11.3 Å². The molecule has 3 amide bonds. The minimum absolute atomic E-state index is 0. The lowest BCUT2D eigenvalue weighted by Gasteiger charge is -2.13. The quantitative estimate of drug-likeness (QED) is 0.313. The third-order valence-corrected chi connectivity index (χ3v) is 7.05. The summed E-state index contributed by atoms with van der Waals surface area (Å²) >= 11 is 2.95. The van der Waals surface area contributed by atoms with E-state index in [9.17, 15) is 14.4 Å². The highest BCUT2D eigenvalue weighted by atomic mass is 32.2. The highest BCUT2D eigenvalue weighted by Gasteiger charge is 2.28. The van der Waals surface area contributed by atoms with Crippen LogP contribution in [0.5, 0.6) is 0 Å². The minimum Gasteiger partial charge on any atom is -0.357 e. The molecular weight excluding hydrogens is 587 g/mol. The number of amides is 3. The zero-order valence-corrected chi connectivity index (χ0v) is 27.7. The second-order valence-corrected chi connectivity index (χ2v) is 13.6. The number of aromatic nitrogens is 1. The van der Waals surface area contributed by atoms with Crippen LogP contribution in [0.3, 0.4) is 0 Å². The minimum atomic E-state index is -0.233. The predicted molar refractivity (Wildman–Crippen MR) is 182 cm³/mol. The lowest BCUT2D eigenvalue weighted by Crippen LogP contribution is -2.31. The lowest BCUT2D eigenvalue weighted by atomic mass is 10.1. The molecule has 0 aromatic carbocycles. The van der Waals surface area contributed by atoms with Crippen LogP contribution in [0.15, 0.2) is 46.3 Å². The predicted octanol–water partition coefficient (Wildman–Crippen LogP) is 4.34. The number of rotatable bonds is 6. The Balaban J connectivity index is 0.000000544. The van der Waals surface area contributed by atoms with Gasteiger partial charge in [0.25, 0.3) is 5.56 Å². The molecule has 43 heavy (non-hydrogen) atoms. The van der Waals surface area contributed by atoms with E-state index in [1.54, 1.807) is 11.8 Å². The van der Waals surface area contributed by atoms with Gasteiger partial charge in [-0.1, -0.05) is 100 Å². The maximum atomic E-state index is 11.1. The first-order chi connectivity index (χ1) is 19.5. The molecule has 242 valence electrons. The summed E-state index contributed by atoms with van der Waals surface area (Å²) in [6, 6.07) is -0.233. The molecule has 1 aromatic heterocycles. The number of nitrogens with one attached hydrogen (secondary N) is 5. The molecule has 0 bridgehead atoms. The van der Waals surface area contributed by atoms with Gasteiger partial charge in [-0.3, -0.25) is 25.8 Å². The van der Waals surface area contributed by atoms with Crippen molar-refractivity contribution in [2.45, 2.75) is 74.5 Å². The fourth-order valence-electron chi connectivity index (χ4n) is 3.30. The number of thioether (sulfide) groups is 1. The van der Waals surface area contributed by atoms with Crippen molar-refractivity contribution in [2.24, 2.45) is 28.7 Å². The Morgan fingerprint density at radius 3 is 1.91 bits per heavy atom. The molecule has 1 unspecified atom stereocenters. The second kappa shape index (κ2) is 19.0. The van der Waals surface area contributed by atoms with Gasteiger partial charge in [0, 0.05) is 5.92 Å². The number of carbonyl (C=O) groups excluding carboxylic acids is 2. The van der Waals surface area contributed by atoms with E-state index >= 15 is 0 Å². The Morgan fingerprint density at radius 2 is 1.58 bits per heavy atom. The summed E-state index contributed by atoms with van der Waals surface area (Å²) < 4.78 is 1.49. The van der Waals surface area contributed by atoms with Crippen LogP contribution in [0.4, 0.5) is 4.79 Å². The van der Waals surface area contributed by atoms with Crippen molar-refractivity contribution in [3.05, 3.63) is 56.0 Å². The SMILES string of the molecule is C.C=C1N=C(C(C)C)NN1.C=C1NC(=O)C(CC(C)C)S1.C=C1NC(=O)N(CC(C)C)O1.C=c1[nH]c(=O)c(=CC(C)C)s1. The molecule has 3 aliphatic heterocycles. The van der Waals surface area contributed by atoms with E-state index in [1.165, 1.54) is 16.4 Å². The van der Waals surface area contributed by atoms with Gasteiger partial charge in [0.05, 0.1) is 26.0 Å². The van der Waals surface area contributed by atoms with Crippen molar-refractivity contribution in [1.82, 2.24) is 31.5 Å². The first kappa shape index (κ1) is 39.5. The van der Waals surface area contributed by atoms with Gasteiger partial charge in [-0.25, -0.2) is 9.79 Å². The standard InChI is InChI=1S/C8H13NOS.C8H11NOS.C7H12N2O2.C6H11N3.CH4/c2*1-5(2)4-7-8(10)9-6(3)11-7;1-5(2)4-9-7(10)8-6(3)11-9;1-4(2)6-7-5(3)8-9-6;/h5,7H,3-4H2,1-2H3,(H,9,10);4-5H,3H2,1-2H3,(H,9,10);5H,3-4H2,1-2H3,(H,8,10);4,8H,3H2,1-2H3,(H,7,9);1H4. The average Bonchev–Trinajstić information content (AvgIpc) is 3.58. The molecule has 4 heterocycles. The molecule has 2 fully saturated rings. The molecule has 13 heteroatoms. The van der Waals surface area contributed by atoms with Crippen molar-refractivity contribution in [2.75, 3.05) is 6.54 Å². The largest absolute Gasteiger partial charge is 0.357 e. The molecule has 1 atom stereocenters. The first-order valence-electron chi connectivity index (χ1n) is 13.8. The van der Waals surface area contributed by atoms with E-state index in [2.05, 4.69) is 85.5 Å². The van der Waals surface area contributed by atoms with Crippen LogP contribution < -0.4 is 36.2 Å². The van der Waals surface area contributed by atoms with Crippen LogP contribution >= 0.6 is 23.1 Å². The van der Waals surface area contributed by atoms with E-state index in [-0.39, 0.29) is 30.2 Å².